The minimum Gasteiger partial charge on any atom is -0.495 e. The highest BCUT2D eigenvalue weighted by molar-refractivity contribution is 5.02. The topological polar surface area (TPSA) is 35.2 Å². The first kappa shape index (κ1) is 8.53. The van der Waals surface area contributed by atoms with Crippen LogP contribution in [0.5, 0.6) is 0 Å². The summed E-state index contributed by atoms with van der Waals surface area (Å²) in [5, 5.41) is 0. The van der Waals surface area contributed by atoms with E-state index in [2.05, 4.69) is 0 Å². The maximum absolute atomic E-state index is 13.0. The first-order chi connectivity index (χ1) is 5.34. The Bertz CT molecular complexity index is 147. The lowest BCUT2D eigenvalue weighted by Gasteiger charge is -2.17. The fourth-order valence-corrected chi connectivity index (χ4v) is 1.08. The minimum absolute atomic E-state index is 0.367. The van der Waals surface area contributed by atoms with Crippen molar-refractivity contribution in [3.8, 4) is 0 Å². The van der Waals surface area contributed by atoms with Gasteiger partial charge in [0.25, 0.3) is 0 Å². The summed E-state index contributed by atoms with van der Waals surface area (Å²) in [6.45, 7) is 1.03. The molecule has 0 aromatic carbocycles. The molecular formula is C8H14FNO. The van der Waals surface area contributed by atoms with Gasteiger partial charge in [0.1, 0.15) is 5.76 Å². The van der Waals surface area contributed by atoms with Crippen LogP contribution in [0, 0.1) is 0 Å². The second-order valence-corrected chi connectivity index (χ2v) is 2.64. The molecule has 0 amide bonds. The summed E-state index contributed by atoms with van der Waals surface area (Å²) in [4.78, 5) is 0. The third kappa shape index (κ3) is 2.50. The summed E-state index contributed by atoms with van der Waals surface area (Å²) in [5.41, 5.74) is 5.21. The van der Waals surface area contributed by atoms with Gasteiger partial charge in [-0.3, -0.25) is 0 Å². The monoisotopic (exact) mass is 159 g/mol. The quantitative estimate of drug-likeness (QED) is 0.675. The molecule has 0 radical (unpaired) electrons. The zero-order valence-corrected chi connectivity index (χ0v) is 6.55. The second kappa shape index (κ2) is 4.34. The normalized spacial score (nSPS) is 20.4. The molecule has 0 aromatic heterocycles. The van der Waals surface area contributed by atoms with Crippen LogP contribution in [0.3, 0.4) is 0 Å². The lowest BCUT2D eigenvalue weighted by atomic mass is 10.1. The molecule has 0 spiro atoms. The van der Waals surface area contributed by atoms with Gasteiger partial charge in [-0.15, -0.1) is 0 Å². The maximum Gasteiger partial charge on any atom is 0.158 e. The van der Waals surface area contributed by atoms with Crippen molar-refractivity contribution in [2.75, 3.05) is 13.2 Å². The van der Waals surface area contributed by atoms with E-state index in [0.29, 0.717) is 25.3 Å². The molecule has 1 aliphatic heterocycles. The molecule has 64 valence electrons. The van der Waals surface area contributed by atoms with Crippen molar-refractivity contribution in [2.45, 2.75) is 25.4 Å². The van der Waals surface area contributed by atoms with Gasteiger partial charge in [0.2, 0.25) is 0 Å². The van der Waals surface area contributed by atoms with Crippen molar-refractivity contribution in [3.05, 3.63) is 11.8 Å². The SMILES string of the molecule is NCCC(F)C1=CCCCO1. The summed E-state index contributed by atoms with van der Waals surface area (Å²) in [6.07, 6.45) is 3.13. The highest BCUT2D eigenvalue weighted by atomic mass is 19.1. The van der Waals surface area contributed by atoms with E-state index in [0.717, 1.165) is 12.8 Å². The van der Waals surface area contributed by atoms with Gasteiger partial charge in [0, 0.05) is 0 Å². The van der Waals surface area contributed by atoms with E-state index < -0.39 is 6.17 Å². The molecule has 2 N–H and O–H groups in total. The molecule has 0 fully saturated rings. The summed E-state index contributed by atoms with van der Waals surface area (Å²) < 4.78 is 18.1. The zero-order chi connectivity index (χ0) is 8.10. The molecule has 0 saturated heterocycles. The molecule has 1 unspecified atom stereocenters. The van der Waals surface area contributed by atoms with E-state index in [1.165, 1.54) is 0 Å². The van der Waals surface area contributed by atoms with Crippen LogP contribution in [0.25, 0.3) is 0 Å². The zero-order valence-electron chi connectivity index (χ0n) is 6.55. The largest absolute Gasteiger partial charge is 0.495 e. The Kier molecular flexibility index (Phi) is 3.36. The summed E-state index contributed by atoms with van der Waals surface area (Å²) in [6, 6.07) is 0. The van der Waals surface area contributed by atoms with Crippen LogP contribution in [0.4, 0.5) is 4.39 Å². The van der Waals surface area contributed by atoms with Crippen LogP contribution in [0.1, 0.15) is 19.3 Å². The molecule has 1 atom stereocenters. The summed E-state index contributed by atoms with van der Waals surface area (Å²) in [7, 11) is 0. The molecule has 2 nitrogen and oxygen atoms in total. The van der Waals surface area contributed by atoms with Crippen LogP contribution < -0.4 is 5.73 Å². The Hall–Kier alpha value is -0.570. The van der Waals surface area contributed by atoms with E-state index in [4.69, 9.17) is 10.5 Å². The summed E-state index contributed by atoms with van der Waals surface area (Å²) >= 11 is 0. The lowest BCUT2D eigenvalue weighted by Crippen LogP contribution is -2.16. The second-order valence-electron chi connectivity index (χ2n) is 2.64. The first-order valence-electron chi connectivity index (χ1n) is 4.01. The molecular weight excluding hydrogens is 145 g/mol. The number of allylic oxidation sites excluding steroid dienone is 2. The number of hydrogen-bond donors (Lipinski definition) is 1. The van der Waals surface area contributed by atoms with Crippen LogP contribution in [0.2, 0.25) is 0 Å². The Morgan fingerprint density at radius 3 is 3.09 bits per heavy atom. The van der Waals surface area contributed by atoms with E-state index in [1.807, 2.05) is 6.08 Å². The number of rotatable bonds is 3. The average Bonchev–Trinajstić information content (AvgIpc) is 2.07. The number of hydrogen-bond acceptors (Lipinski definition) is 2. The van der Waals surface area contributed by atoms with Gasteiger partial charge in [-0.25, -0.2) is 4.39 Å². The first-order valence-corrected chi connectivity index (χ1v) is 4.01. The van der Waals surface area contributed by atoms with E-state index in [9.17, 15) is 4.39 Å². The summed E-state index contributed by atoms with van der Waals surface area (Å²) in [5.74, 6) is 0.488. The van der Waals surface area contributed by atoms with Crippen molar-refractivity contribution in [3.63, 3.8) is 0 Å². The molecule has 1 heterocycles. The van der Waals surface area contributed by atoms with Gasteiger partial charge in [0.15, 0.2) is 6.17 Å². The van der Waals surface area contributed by atoms with Crippen LogP contribution in [0.15, 0.2) is 11.8 Å². The van der Waals surface area contributed by atoms with E-state index in [-0.39, 0.29) is 0 Å². The predicted octanol–water partition coefficient (Wildman–Crippen LogP) is 1.37. The predicted molar refractivity (Wildman–Crippen MR) is 41.8 cm³/mol. The Labute approximate surface area is 66.2 Å². The maximum atomic E-state index is 13.0. The fraction of sp³-hybridized carbons (Fsp3) is 0.750. The number of ether oxygens (including phenoxy) is 1. The van der Waals surface area contributed by atoms with Gasteiger partial charge >= 0.3 is 0 Å². The Balaban J connectivity index is 2.37. The standard InChI is InChI=1S/C8H14FNO/c9-7(4-5-10)8-3-1-2-6-11-8/h3,7H,1-2,4-6,10H2. The van der Waals surface area contributed by atoms with Gasteiger partial charge in [-0.1, -0.05) is 0 Å². The Morgan fingerprint density at radius 1 is 1.73 bits per heavy atom. The number of nitrogens with two attached hydrogens (primary N) is 1. The number of alkyl halides is 1. The molecule has 0 aromatic rings. The third-order valence-electron chi connectivity index (χ3n) is 1.69. The van der Waals surface area contributed by atoms with Gasteiger partial charge < -0.3 is 10.5 Å². The van der Waals surface area contributed by atoms with Crippen LogP contribution in [-0.2, 0) is 4.74 Å². The minimum atomic E-state index is -0.986. The molecule has 0 saturated carbocycles. The van der Waals surface area contributed by atoms with Crippen molar-refractivity contribution >= 4 is 0 Å². The smallest absolute Gasteiger partial charge is 0.158 e. The van der Waals surface area contributed by atoms with Crippen molar-refractivity contribution in [1.29, 1.82) is 0 Å². The number of halogens is 1. The van der Waals surface area contributed by atoms with Gasteiger partial charge in [-0.2, -0.15) is 0 Å². The molecule has 1 aliphatic rings. The van der Waals surface area contributed by atoms with Crippen LogP contribution in [-0.4, -0.2) is 19.3 Å². The van der Waals surface area contributed by atoms with Crippen molar-refractivity contribution in [1.82, 2.24) is 0 Å². The third-order valence-corrected chi connectivity index (χ3v) is 1.69. The molecule has 0 bridgehead atoms. The highest BCUT2D eigenvalue weighted by Crippen LogP contribution is 2.17. The van der Waals surface area contributed by atoms with E-state index in [1.54, 1.807) is 0 Å². The molecule has 11 heavy (non-hydrogen) atoms. The van der Waals surface area contributed by atoms with Gasteiger partial charge in [0.05, 0.1) is 6.61 Å². The van der Waals surface area contributed by atoms with E-state index >= 15 is 0 Å². The highest BCUT2D eigenvalue weighted by Gasteiger charge is 2.15. The lowest BCUT2D eigenvalue weighted by molar-refractivity contribution is 0.137. The average molecular weight is 159 g/mol. The Morgan fingerprint density at radius 2 is 2.55 bits per heavy atom. The van der Waals surface area contributed by atoms with Crippen LogP contribution >= 0.6 is 0 Å². The molecule has 0 aliphatic carbocycles. The molecule has 1 rings (SSSR count). The molecule has 3 heteroatoms. The van der Waals surface area contributed by atoms with Gasteiger partial charge in [-0.05, 0) is 31.9 Å². The fourth-order valence-electron chi connectivity index (χ4n) is 1.08. The van der Waals surface area contributed by atoms with Crippen molar-refractivity contribution < 1.29 is 9.13 Å². The van der Waals surface area contributed by atoms with Crippen molar-refractivity contribution in [2.24, 2.45) is 5.73 Å².